The lowest BCUT2D eigenvalue weighted by molar-refractivity contribution is -0.114. The molecule has 12 heteroatoms. The van der Waals surface area contributed by atoms with E-state index in [1.54, 1.807) is 52.0 Å². The van der Waals surface area contributed by atoms with Gasteiger partial charge in [-0.05, 0) is 50.8 Å². The van der Waals surface area contributed by atoms with Crippen molar-refractivity contribution in [2.45, 2.75) is 6.42 Å². The quantitative estimate of drug-likeness (QED) is 0.315. The molecule has 4 aromatic heterocycles. The largest absolute Gasteiger partial charge is 0.457 e. The van der Waals surface area contributed by atoms with Crippen molar-refractivity contribution in [3.63, 3.8) is 0 Å². The van der Waals surface area contributed by atoms with Gasteiger partial charge >= 0.3 is 0 Å². The Balaban J connectivity index is 1.24. The summed E-state index contributed by atoms with van der Waals surface area (Å²) < 4.78 is 22.5. The summed E-state index contributed by atoms with van der Waals surface area (Å²) in [6.07, 6.45) is 7.13. The average molecular weight is 526 g/mol. The maximum Gasteiger partial charge on any atom is 0.255 e. The second-order valence-electron chi connectivity index (χ2n) is 9.25. The number of nitrogens with zero attached hydrogens (tertiary/aromatic N) is 8. The summed E-state index contributed by atoms with van der Waals surface area (Å²) in [4.78, 5) is 34.0. The number of carbonyl (C=O) groups excluding carboxylic acids is 1. The second kappa shape index (κ2) is 10.1. The van der Waals surface area contributed by atoms with Gasteiger partial charge in [0.05, 0.1) is 11.2 Å². The minimum atomic E-state index is -0.538. The van der Waals surface area contributed by atoms with Gasteiger partial charge in [-0.25, -0.2) is 28.8 Å². The molecule has 1 aliphatic heterocycles. The molecule has 6 rings (SSSR count). The van der Waals surface area contributed by atoms with Crippen LogP contribution in [0.5, 0.6) is 11.5 Å². The first-order chi connectivity index (χ1) is 18.9. The normalized spacial score (nSPS) is 14.7. The van der Waals surface area contributed by atoms with E-state index in [9.17, 15) is 4.79 Å². The highest BCUT2D eigenvalue weighted by atomic mass is 19.1. The third kappa shape index (κ3) is 4.97. The SMILES string of the molecule is CN(C)C/C=C1\CCN(c2ccc3ncnc(Nc4ccc(Oc5ccn6ncnc6c5)cc4F)c3n2)C1=O. The number of hydrogen-bond donors (Lipinski definition) is 1. The van der Waals surface area contributed by atoms with Crippen LogP contribution in [0.25, 0.3) is 16.7 Å². The van der Waals surface area contributed by atoms with Crippen molar-refractivity contribution >= 4 is 39.9 Å². The first-order valence-corrected chi connectivity index (χ1v) is 12.3. The molecule has 0 saturated carbocycles. The van der Waals surface area contributed by atoms with Crippen LogP contribution >= 0.6 is 0 Å². The topological polar surface area (TPSA) is 114 Å². The molecule has 11 nitrogen and oxygen atoms in total. The highest BCUT2D eigenvalue weighted by Crippen LogP contribution is 2.30. The van der Waals surface area contributed by atoms with E-state index in [1.807, 2.05) is 25.1 Å². The number of benzene rings is 1. The van der Waals surface area contributed by atoms with Crippen LogP contribution in [0.2, 0.25) is 0 Å². The average Bonchev–Trinajstić information content (AvgIpc) is 3.55. The van der Waals surface area contributed by atoms with E-state index in [1.165, 1.54) is 18.7 Å². The molecule has 1 amide bonds. The van der Waals surface area contributed by atoms with Gasteiger partial charge in [0.2, 0.25) is 0 Å². The molecular formula is C27H24FN9O2. The lowest BCUT2D eigenvalue weighted by Crippen LogP contribution is -2.25. The maximum atomic E-state index is 15.1. The molecule has 1 aliphatic rings. The Morgan fingerprint density at radius 3 is 2.79 bits per heavy atom. The number of ether oxygens (including phenoxy) is 1. The number of halogens is 1. The maximum absolute atomic E-state index is 15.1. The number of hydrogen-bond acceptors (Lipinski definition) is 9. The number of pyridine rings is 2. The van der Waals surface area contributed by atoms with Crippen molar-refractivity contribution < 1.29 is 13.9 Å². The zero-order chi connectivity index (χ0) is 26.9. The van der Waals surface area contributed by atoms with E-state index in [0.29, 0.717) is 59.3 Å². The molecule has 1 N–H and O–H groups in total. The summed E-state index contributed by atoms with van der Waals surface area (Å²) in [5.74, 6) is 1.03. The fourth-order valence-corrected chi connectivity index (χ4v) is 4.27. The standard InChI is InChI=1S/C27H24FN9O2/c1-35(2)10-7-17-8-11-36(27(17)38)23-6-5-22-25(34-23)26(31-15-29-22)33-21-4-3-18(13-20(21)28)39-19-9-12-37-24(14-19)30-16-32-37/h3-7,9,12-16H,8,10-11H2,1-2H3,(H,29,31,33)/b17-7+. The molecule has 0 spiro atoms. The Morgan fingerprint density at radius 1 is 1.08 bits per heavy atom. The van der Waals surface area contributed by atoms with Gasteiger partial charge in [-0.2, -0.15) is 5.10 Å². The van der Waals surface area contributed by atoms with Crippen LogP contribution < -0.4 is 15.0 Å². The summed E-state index contributed by atoms with van der Waals surface area (Å²) >= 11 is 0. The zero-order valence-corrected chi connectivity index (χ0v) is 21.2. The van der Waals surface area contributed by atoms with Crippen molar-refractivity contribution in [2.75, 3.05) is 37.4 Å². The minimum Gasteiger partial charge on any atom is -0.457 e. The molecule has 0 aliphatic carbocycles. The zero-order valence-electron chi connectivity index (χ0n) is 21.2. The number of amides is 1. The van der Waals surface area contributed by atoms with Gasteiger partial charge in [-0.15, -0.1) is 0 Å². The van der Waals surface area contributed by atoms with E-state index in [-0.39, 0.29) is 11.6 Å². The summed E-state index contributed by atoms with van der Waals surface area (Å²) in [5, 5.41) is 7.06. The van der Waals surface area contributed by atoms with E-state index in [4.69, 9.17) is 4.74 Å². The van der Waals surface area contributed by atoms with Crippen molar-refractivity contribution in [1.82, 2.24) is 34.4 Å². The van der Waals surface area contributed by atoms with Crippen LogP contribution in [0.1, 0.15) is 6.42 Å². The van der Waals surface area contributed by atoms with Crippen LogP contribution in [0, 0.1) is 5.82 Å². The molecule has 1 saturated heterocycles. The summed E-state index contributed by atoms with van der Waals surface area (Å²) in [6.45, 7) is 1.22. The van der Waals surface area contributed by atoms with Gasteiger partial charge in [-0.1, -0.05) is 6.08 Å². The Morgan fingerprint density at radius 2 is 1.95 bits per heavy atom. The van der Waals surface area contributed by atoms with E-state index >= 15 is 4.39 Å². The van der Waals surface area contributed by atoms with Crippen molar-refractivity contribution in [3.05, 3.63) is 78.8 Å². The number of aromatic nitrogens is 6. The number of fused-ring (bicyclic) bond motifs is 2. The highest BCUT2D eigenvalue weighted by Gasteiger charge is 2.28. The Hall–Kier alpha value is -4.97. The Labute approximate surface area is 222 Å². The second-order valence-corrected chi connectivity index (χ2v) is 9.25. The smallest absolute Gasteiger partial charge is 0.255 e. The lowest BCUT2D eigenvalue weighted by Gasteiger charge is -2.16. The molecule has 0 bridgehead atoms. The third-order valence-corrected chi connectivity index (χ3v) is 6.25. The summed E-state index contributed by atoms with van der Waals surface area (Å²) in [7, 11) is 3.91. The molecular weight excluding hydrogens is 501 g/mol. The van der Waals surface area contributed by atoms with Crippen molar-refractivity contribution in [2.24, 2.45) is 0 Å². The van der Waals surface area contributed by atoms with E-state index in [2.05, 4.69) is 30.4 Å². The molecule has 0 unspecified atom stereocenters. The predicted molar refractivity (Wildman–Crippen MR) is 144 cm³/mol. The van der Waals surface area contributed by atoms with Crippen LogP contribution in [-0.2, 0) is 4.79 Å². The first kappa shape index (κ1) is 24.4. The fraction of sp³-hybridized carbons (Fsp3) is 0.185. The van der Waals surface area contributed by atoms with Gasteiger partial charge in [0.15, 0.2) is 11.5 Å². The molecule has 1 aromatic carbocycles. The van der Waals surface area contributed by atoms with Gasteiger partial charge in [0.25, 0.3) is 5.91 Å². The molecule has 196 valence electrons. The monoisotopic (exact) mass is 525 g/mol. The minimum absolute atomic E-state index is 0.0696. The summed E-state index contributed by atoms with van der Waals surface area (Å²) in [6, 6.07) is 11.4. The Kier molecular flexibility index (Phi) is 6.29. The number of carbonyl (C=O) groups is 1. The van der Waals surface area contributed by atoms with Crippen molar-refractivity contribution in [3.8, 4) is 11.5 Å². The number of nitrogens with one attached hydrogen (secondary N) is 1. The number of likely N-dealkylation sites (N-methyl/N-ethyl adjacent to an activating group) is 1. The van der Waals surface area contributed by atoms with Gasteiger partial charge < -0.3 is 15.0 Å². The van der Waals surface area contributed by atoms with Crippen LogP contribution in [0.4, 0.5) is 21.7 Å². The Bertz CT molecular complexity index is 1730. The fourth-order valence-electron chi connectivity index (χ4n) is 4.27. The van der Waals surface area contributed by atoms with Gasteiger partial charge in [0.1, 0.15) is 41.3 Å². The highest BCUT2D eigenvalue weighted by molar-refractivity contribution is 6.08. The van der Waals surface area contributed by atoms with Crippen LogP contribution in [-0.4, -0.2) is 67.5 Å². The van der Waals surface area contributed by atoms with Crippen LogP contribution in [0.3, 0.4) is 0 Å². The molecule has 1 fully saturated rings. The molecule has 0 radical (unpaired) electrons. The third-order valence-electron chi connectivity index (χ3n) is 6.25. The van der Waals surface area contributed by atoms with E-state index in [0.717, 1.165) is 5.57 Å². The van der Waals surface area contributed by atoms with E-state index < -0.39 is 5.82 Å². The molecule has 0 atom stereocenters. The molecule has 5 aromatic rings. The molecule has 39 heavy (non-hydrogen) atoms. The van der Waals surface area contributed by atoms with Crippen LogP contribution in [0.15, 0.2) is 73.0 Å². The number of anilines is 3. The summed E-state index contributed by atoms with van der Waals surface area (Å²) in [5.41, 5.74) is 2.56. The first-order valence-electron chi connectivity index (χ1n) is 12.3. The molecule has 5 heterocycles. The number of rotatable bonds is 7. The lowest BCUT2D eigenvalue weighted by atomic mass is 10.2. The van der Waals surface area contributed by atoms with Crippen molar-refractivity contribution in [1.29, 1.82) is 0 Å². The van der Waals surface area contributed by atoms with Gasteiger partial charge in [0, 0.05) is 37.0 Å². The predicted octanol–water partition coefficient (Wildman–Crippen LogP) is 3.97. The van der Waals surface area contributed by atoms with Gasteiger partial charge in [-0.3, -0.25) is 9.69 Å².